The van der Waals surface area contributed by atoms with Gasteiger partial charge in [0.1, 0.15) is 0 Å². The van der Waals surface area contributed by atoms with E-state index in [4.69, 9.17) is 0 Å². The van der Waals surface area contributed by atoms with Crippen LogP contribution in [0.1, 0.15) is 21.5 Å². The van der Waals surface area contributed by atoms with Gasteiger partial charge in [-0.2, -0.15) is 0 Å². The monoisotopic (exact) mass is 439 g/mol. The molecular formula is C28H29N3O2. The fourth-order valence-corrected chi connectivity index (χ4v) is 4.44. The fraction of sp³-hybridized carbons (Fsp3) is 0.250. The van der Waals surface area contributed by atoms with E-state index in [0.717, 1.165) is 11.1 Å². The van der Waals surface area contributed by atoms with Crippen molar-refractivity contribution in [1.29, 1.82) is 0 Å². The van der Waals surface area contributed by atoms with Crippen molar-refractivity contribution >= 4 is 11.8 Å². The van der Waals surface area contributed by atoms with E-state index < -0.39 is 0 Å². The van der Waals surface area contributed by atoms with Crippen LogP contribution in [0.5, 0.6) is 0 Å². The summed E-state index contributed by atoms with van der Waals surface area (Å²) in [4.78, 5) is 34.1. The van der Waals surface area contributed by atoms with E-state index >= 15 is 0 Å². The lowest BCUT2D eigenvalue weighted by atomic mass is 9.93. The van der Waals surface area contributed by atoms with Gasteiger partial charge in [-0.05, 0) is 47.7 Å². The molecule has 1 aliphatic rings. The number of amides is 2. The second-order valence-corrected chi connectivity index (χ2v) is 8.48. The van der Waals surface area contributed by atoms with Crippen LogP contribution in [-0.2, 0) is 11.2 Å². The Morgan fingerprint density at radius 2 is 1.88 bits per heavy atom. The van der Waals surface area contributed by atoms with Crippen LogP contribution in [0.4, 0.5) is 0 Å². The largest absolute Gasteiger partial charge is 0.337 e. The van der Waals surface area contributed by atoms with E-state index in [1.807, 2.05) is 23.1 Å². The summed E-state index contributed by atoms with van der Waals surface area (Å²) in [5.41, 5.74) is 5.22. The van der Waals surface area contributed by atoms with Gasteiger partial charge in [0.2, 0.25) is 5.91 Å². The number of hydrogen-bond donors (Lipinski definition) is 0. The number of carbonyl (C=O) groups is 2. The maximum Gasteiger partial charge on any atom is 0.254 e. The Kier molecular flexibility index (Phi) is 6.98. The molecule has 1 atom stereocenters. The van der Waals surface area contributed by atoms with Gasteiger partial charge >= 0.3 is 0 Å². The summed E-state index contributed by atoms with van der Waals surface area (Å²) in [7, 11) is 0. The molecule has 1 saturated heterocycles. The normalized spacial score (nSPS) is 16.4. The highest BCUT2D eigenvalue weighted by Crippen LogP contribution is 2.26. The third-order valence-corrected chi connectivity index (χ3v) is 6.17. The molecule has 1 fully saturated rings. The summed E-state index contributed by atoms with van der Waals surface area (Å²) >= 11 is 0. The average molecular weight is 440 g/mol. The summed E-state index contributed by atoms with van der Waals surface area (Å²) in [6.07, 6.45) is 5.56. The van der Waals surface area contributed by atoms with Crippen molar-refractivity contribution in [2.45, 2.75) is 13.3 Å². The Morgan fingerprint density at radius 1 is 1.09 bits per heavy atom. The molecule has 3 aromatic rings. The number of rotatable bonds is 6. The van der Waals surface area contributed by atoms with Gasteiger partial charge in [0.05, 0.1) is 5.92 Å². The first-order valence-corrected chi connectivity index (χ1v) is 11.3. The molecule has 4 rings (SSSR count). The molecular weight excluding hydrogens is 410 g/mol. The fourth-order valence-electron chi connectivity index (χ4n) is 4.44. The number of benzene rings is 2. The smallest absolute Gasteiger partial charge is 0.254 e. The molecule has 0 spiro atoms. The van der Waals surface area contributed by atoms with Crippen molar-refractivity contribution in [2.24, 2.45) is 5.92 Å². The third kappa shape index (κ3) is 5.20. The van der Waals surface area contributed by atoms with Gasteiger partial charge in [0, 0.05) is 44.1 Å². The minimum absolute atomic E-state index is 0.0654. The zero-order valence-corrected chi connectivity index (χ0v) is 19.0. The summed E-state index contributed by atoms with van der Waals surface area (Å²) in [5.74, 6) is -0.309. The predicted molar refractivity (Wildman–Crippen MR) is 131 cm³/mol. The molecule has 2 aromatic carbocycles. The first-order valence-electron chi connectivity index (χ1n) is 11.3. The topological polar surface area (TPSA) is 53.5 Å². The van der Waals surface area contributed by atoms with E-state index in [2.05, 4.69) is 48.8 Å². The van der Waals surface area contributed by atoms with Gasteiger partial charge in [0.25, 0.3) is 5.91 Å². The van der Waals surface area contributed by atoms with Crippen molar-refractivity contribution in [1.82, 2.24) is 14.8 Å². The zero-order chi connectivity index (χ0) is 23.2. The Hall–Kier alpha value is -3.73. The number of pyridine rings is 1. The molecule has 0 saturated carbocycles. The van der Waals surface area contributed by atoms with Gasteiger partial charge < -0.3 is 9.80 Å². The number of aryl methyl sites for hydroxylation is 1. The maximum atomic E-state index is 13.4. The summed E-state index contributed by atoms with van der Waals surface area (Å²) in [6.45, 7) is 7.78. The minimum atomic E-state index is -0.314. The van der Waals surface area contributed by atoms with Gasteiger partial charge in [0.15, 0.2) is 0 Å². The van der Waals surface area contributed by atoms with E-state index in [-0.39, 0.29) is 17.7 Å². The quantitative estimate of drug-likeness (QED) is 0.536. The van der Waals surface area contributed by atoms with E-state index in [1.54, 1.807) is 35.5 Å². The predicted octanol–water partition coefficient (Wildman–Crippen LogP) is 4.39. The first kappa shape index (κ1) is 22.5. The van der Waals surface area contributed by atoms with Crippen molar-refractivity contribution in [3.05, 3.63) is 102 Å². The number of hydrogen-bond acceptors (Lipinski definition) is 3. The number of carbonyl (C=O) groups excluding carboxylic acids is 2. The van der Waals surface area contributed by atoms with Crippen LogP contribution in [0.25, 0.3) is 11.1 Å². The Labute approximate surface area is 195 Å². The Morgan fingerprint density at radius 3 is 2.64 bits per heavy atom. The molecule has 0 N–H and O–H groups in total. The van der Waals surface area contributed by atoms with Crippen LogP contribution < -0.4 is 0 Å². The molecule has 0 aliphatic carbocycles. The first-order chi connectivity index (χ1) is 16.1. The molecule has 168 valence electrons. The molecule has 5 nitrogen and oxygen atoms in total. The van der Waals surface area contributed by atoms with Gasteiger partial charge in [-0.15, -0.1) is 6.58 Å². The van der Waals surface area contributed by atoms with Crippen molar-refractivity contribution in [2.75, 3.05) is 26.2 Å². The van der Waals surface area contributed by atoms with Gasteiger partial charge in [-0.25, -0.2) is 0 Å². The van der Waals surface area contributed by atoms with E-state index in [0.29, 0.717) is 38.2 Å². The molecule has 0 unspecified atom stereocenters. The van der Waals surface area contributed by atoms with Gasteiger partial charge in [-0.1, -0.05) is 54.6 Å². The highest BCUT2D eigenvalue weighted by atomic mass is 16.2. The second-order valence-electron chi connectivity index (χ2n) is 8.48. The SMILES string of the molecule is C=CCN1CCN(C(=O)c2ccncc2)C[C@H](Cc2cccc(-c3ccccc3C)c2)C1=O. The number of nitrogens with zero attached hydrogens (tertiary/aromatic N) is 3. The van der Waals surface area contributed by atoms with Crippen LogP contribution in [-0.4, -0.2) is 52.8 Å². The molecule has 1 aliphatic heterocycles. The Balaban J connectivity index is 1.60. The maximum absolute atomic E-state index is 13.4. The standard InChI is InChI=1S/C28H29N3O2/c1-3-15-30-16-17-31(27(32)23-11-13-29-14-12-23)20-25(28(30)33)19-22-8-6-9-24(18-22)26-10-5-4-7-21(26)2/h3-14,18,25H,1,15-17,19-20H2,2H3/t25-/m0/s1. The second kappa shape index (κ2) is 10.3. The average Bonchev–Trinajstić information content (AvgIpc) is 2.99. The van der Waals surface area contributed by atoms with Crippen molar-refractivity contribution in [3.63, 3.8) is 0 Å². The highest BCUT2D eigenvalue weighted by molar-refractivity contribution is 5.94. The van der Waals surface area contributed by atoms with Crippen LogP contribution in [0.3, 0.4) is 0 Å². The lowest BCUT2D eigenvalue weighted by Crippen LogP contribution is -2.38. The summed E-state index contributed by atoms with van der Waals surface area (Å²) in [5, 5.41) is 0. The molecule has 5 heteroatoms. The highest BCUT2D eigenvalue weighted by Gasteiger charge is 2.32. The number of aromatic nitrogens is 1. The van der Waals surface area contributed by atoms with Crippen LogP contribution in [0.2, 0.25) is 0 Å². The lowest BCUT2D eigenvalue weighted by molar-refractivity contribution is -0.134. The molecule has 1 aromatic heterocycles. The molecule has 0 bridgehead atoms. The molecule has 2 amide bonds. The Bertz CT molecular complexity index is 1140. The van der Waals surface area contributed by atoms with Crippen molar-refractivity contribution < 1.29 is 9.59 Å². The van der Waals surface area contributed by atoms with E-state index in [1.165, 1.54) is 11.1 Å². The van der Waals surface area contributed by atoms with Gasteiger partial charge in [-0.3, -0.25) is 14.6 Å². The van der Waals surface area contributed by atoms with Crippen LogP contribution in [0.15, 0.2) is 85.7 Å². The lowest BCUT2D eigenvalue weighted by Gasteiger charge is -2.24. The minimum Gasteiger partial charge on any atom is -0.337 e. The van der Waals surface area contributed by atoms with E-state index in [9.17, 15) is 9.59 Å². The molecule has 33 heavy (non-hydrogen) atoms. The third-order valence-electron chi connectivity index (χ3n) is 6.17. The zero-order valence-electron chi connectivity index (χ0n) is 19.0. The van der Waals surface area contributed by atoms with Crippen LogP contribution >= 0.6 is 0 Å². The summed E-state index contributed by atoms with van der Waals surface area (Å²) in [6, 6.07) is 20.1. The van der Waals surface area contributed by atoms with Crippen molar-refractivity contribution in [3.8, 4) is 11.1 Å². The van der Waals surface area contributed by atoms with Crippen LogP contribution in [0, 0.1) is 12.8 Å². The molecule has 2 heterocycles. The molecule has 0 radical (unpaired) electrons. The summed E-state index contributed by atoms with van der Waals surface area (Å²) < 4.78 is 0.